The summed E-state index contributed by atoms with van der Waals surface area (Å²) in [5.41, 5.74) is 3.82. The summed E-state index contributed by atoms with van der Waals surface area (Å²) in [4.78, 5) is 24.6. The Balaban J connectivity index is 1.91. The first-order chi connectivity index (χ1) is 10.6. The fourth-order valence-electron chi connectivity index (χ4n) is 3.63. The lowest BCUT2D eigenvalue weighted by molar-refractivity contribution is -0.115. The third-order valence-corrected chi connectivity index (χ3v) is 4.90. The molecule has 1 N–H and O–H groups in total. The van der Waals surface area contributed by atoms with Crippen LogP contribution in [0.2, 0.25) is 5.02 Å². The molecule has 3 aliphatic rings. The first kappa shape index (κ1) is 13.7. The van der Waals surface area contributed by atoms with Crippen LogP contribution in [0.3, 0.4) is 0 Å². The molecular formula is C17H13ClFNO2. The summed E-state index contributed by atoms with van der Waals surface area (Å²) in [5, 5.41) is 3.28. The number of ketones is 2. The standard InChI is InChI=1S/C17H13ClFNO2/c18-9-7-8(1-2-10(9)19)15-16-11(3-5-13(16)21)20-12-4-6-14(22)17(12)15/h1-2,7,15,20H,3-6H2. The Labute approximate surface area is 131 Å². The van der Waals surface area contributed by atoms with Crippen molar-refractivity contribution >= 4 is 23.2 Å². The van der Waals surface area contributed by atoms with Gasteiger partial charge < -0.3 is 5.32 Å². The van der Waals surface area contributed by atoms with E-state index in [-0.39, 0.29) is 16.6 Å². The minimum atomic E-state index is -0.502. The lowest BCUT2D eigenvalue weighted by Crippen LogP contribution is -2.26. The van der Waals surface area contributed by atoms with Crippen molar-refractivity contribution in [2.45, 2.75) is 31.6 Å². The van der Waals surface area contributed by atoms with Gasteiger partial charge in [0.05, 0.1) is 5.02 Å². The van der Waals surface area contributed by atoms with Gasteiger partial charge in [0.2, 0.25) is 0 Å². The Kier molecular flexibility index (Phi) is 2.98. The van der Waals surface area contributed by atoms with Crippen LogP contribution in [0.5, 0.6) is 0 Å². The second-order valence-electron chi connectivity index (χ2n) is 5.86. The van der Waals surface area contributed by atoms with E-state index in [2.05, 4.69) is 5.32 Å². The average Bonchev–Trinajstić information content (AvgIpc) is 3.05. The molecule has 5 heteroatoms. The summed E-state index contributed by atoms with van der Waals surface area (Å²) in [5.74, 6) is -0.800. The van der Waals surface area contributed by atoms with Gasteiger partial charge in [-0.15, -0.1) is 0 Å². The van der Waals surface area contributed by atoms with Crippen molar-refractivity contribution in [3.05, 3.63) is 57.1 Å². The first-order valence-electron chi connectivity index (χ1n) is 7.30. The van der Waals surface area contributed by atoms with Crippen LogP contribution in [-0.4, -0.2) is 11.6 Å². The molecule has 112 valence electrons. The summed E-state index contributed by atoms with van der Waals surface area (Å²) in [6.07, 6.45) is 2.25. The number of rotatable bonds is 1. The topological polar surface area (TPSA) is 46.2 Å². The van der Waals surface area contributed by atoms with E-state index in [0.717, 1.165) is 11.4 Å². The summed E-state index contributed by atoms with van der Waals surface area (Å²) < 4.78 is 13.5. The molecule has 0 saturated heterocycles. The van der Waals surface area contributed by atoms with E-state index in [4.69, 9.17) is 11.6 Å². The molecule has 0 saturated carbocycles. The minimum absolute atomic E-state index is 0.0104. The Morgan fingerprint density at radius 1 is 1.00 bits per heavy atom. The molecule has 2 aliphatic carbocycles. The van der Waals surface area contributed by atoms with Gasteiger partial charge in [-0.25, -0.2) is 4.39 Å². The number of halogens is 2. The zero-order chi connectivity index (χ0) is 15.4. The molecule has 0 radical (unpaired) electrons. The van der Waals surface area contributed by atoms with Crippen LogP contribution in [0.25, 0.3) is 0 Å². The van der Waals surface area contributed by atoms with Gasteiger partial charge in [-0.1, -0.05) is 17.7 Å². The van der Waals surface area contributed by atoms with E-state index in [0.29, 0.717) is 42.4 Å². The van der Waals surface area contributed by atoms with Crippen LogP contribution in [0.4, 0.5) is 4.39 Å². The number of dihydropyridines is 1. The highest BCUT2D eigenvalue weighted by atomic mass is 35.5. The molecule has 4 rings (SSSR count). The monoisotopic (exact) mass is 317 g/mol. The number of carbonyl (C=O) groups is 2. The van der Waals surface area contributed by atoms with Crippen molar-refractivity contribution in [1.82, 2.24) is 5.32 Å². The number of allylic oxidation sites excluding steroid dienone is 4. The first-order valence-corrected chi connectivity index (χ1v) is 7.68. The second-order valence-corrected chi connectivity index (χ2v) is 6.27. The Hall–Kier alpha value is -1.94. The minimum Gasteiger partial charge on any atom is -0.362 e. The zero-order valence-electron chi connectivity index (χ0n) is 11.7. The number of nitrogens with one attached hydrogen (secondary N) is 1. The van der Waals surface area contributed by atoms with Gasteiger partial charge >= 0.3 is 0 Å². The molecule has 1 aromatic rings. The van der Waals surface area contributed by atoms with E-state index in [1.54, 1.807) is 6.07 Å². The molecule has 22 heavy (non-hydrogen) atoms. The molecular weight excluding hydrogens is 305 g/mol. The molecule has 0 unspecified atom stereocenters. The lowest BCUT2D eigenvalue weighted by Gasteiger charge is -2.27. The number of hydrogen-bond acceptors (Lipinski definition) is 3. The van der Waals surface area contributed by atoms with Crippen molar-refractivity contribution in [2.75, 3.05) is 0 Å². The van der Waals surface area contributed by atoms with Gasteiger partial charge in [0.1, 0.15) is 5.82 Å². The number of benzene rings is 1. The van der Waals surface area contributed by atoms with Crippen LogP contribution >= 0.6 is 11.6 Å². The van der Waals surface area contributed by atoms with Gasteiger partial charge in [0.25, 0.3) is 0 Å². The van der Waals surface area contributed by atoms with Gasteiger partial charge in [0, 0.05) is 41.3 Å². The molecule has 1 heterocycles. The van der Waals surface area contributed by atoms with E-state index >= 15 is 0 Å². The maximum atomic E-state index is 13.5. The molecule has 1 aliphatic heterocycles. The van der Waals surface area contributed by atoms with Crippen LogP contribution in [0, 0.1) is 5.82 Å². The Morgan fingerprint density at radius 2 is 1.59 bits per heavy atom. The predicted molar refractivity (Wildman–Crippen MR) is 79.8 cm³/mol. The quantitative estimate of drug-likeness (QED) is 0.863. The highest BCUT2D eigenvalue weighted by molar-refractivity contribution is 6.30. The Morgan fingerprint density at radius 3 is 2.14 bits per heavy atom. The summed E-state index contributed by atoms with van der Waals surface area (Å²) >= 11 is 5.90. The molecule has 0 atom stereocenters. The second kappa shape index (κ2) is 4.78. The molecule has 0 bridgehead atoms. The van der Waals surface area contributed by atoms with Crippen LogP contribution in [-0.2, 0) is 9.59 Å². The number of carbonyl (C=O) groups excluding carboxylic acids is 2. The lowest BCUT2D eigenvalue weighted by atomic mass is 9.80. The fourth-order valence-corrected chi connectivity index (χ4v) is 3.82. The van der Waals surface area contributed by atoms with Crippen molar-refractivity contribution in [3.63, 3.8) is 0 Å². The maximum absolute atomic E-state index is 13.5. The van der Waals surface area contributed by atoms with Crippen molar-refractivity contribution in [3.8, 4) is 0 Å². The van der Waals surface area contributed by atoms with Gasteiger partial charge in [0.15, 0.2) is 11.6 Å². The Bertz CT molecular complexity index is 754. The van der Waals surface area contributed by atoms with Gasteiger partial charge in [-0.05, 0) is 30.5 Å². The predicted octanol–water partition coefficient (Wildman–Crippen LogP) is 3.40. The molecule has 3 nitrogen and oxygen atoms in total. The van der Waals surface area contributed by atoms with Crippen molar-refractivity contribution in [2.24, 2.45) is 0 Å². The van der Waals surface area contributed by atoms with Gasteiger partial charge in [-0.2, -0.15) is 0 Å². The zero-order valence-corrected chi connectivity index (χ0v) is 12.5. The summed E-state index contributed by atoms with van der Waals surface area (Å²) in [6.45, 7) is 0. The summed E-state index contributed by atoms with van der Waals surface area (Å²) in [6, 6.07) is 4.43. The normalized spacial score (nSPS) is 21.4. The number of hydrogen-bond donors (Lipinski definition) is 1. The van der Waals surface area contributed by atoms with E-state index in [1.165, 1.54) is 12.1 Å². The highest BCUT2D eigenvalue weighted by Gasteiger charge is 2.42. The van der Waals surface area contributed by atoms with Crippen LogP contribution in [0.15, 0.2) is 40.7 Å². The maximum Gasteiger partial charge on any atom is 0.161 e. The van der Waals surface area contributed by atoms with E-state index in [9.17, 15) is 14.0 Å². The van der Waals surface area contributed by atoms with E-state index in [1.807, 2.05) is 0 Å². The van der Waals surface area contributed by atoms with Crippen molar-refractivity contribution in [1.29, 1.82) is 0 Å². The molecule has 0 fully saturated rings. The summed E-state index contributed by atoms with van der Waals surface area (Å²) in [7, 11) is 0. The van der Waals surface area contributed by atoms with Gasteiger partial charge in [-0.3, -0.25) is 9.59 Å². The third-order valence-electron chi connectivity index (χ3n) is 4.61. The molecule has 0 amide bonds. The fraction of sp³-hybridized carbons (Fsp3) is 0.294. The molecule has 0 aromatic heterocycles. The molecule has 1 aromatic carbocycles. The average molecular weight is 318 g/mol. The SMILES string of the molecule is O=C1CCC2=C1C(c1ccc(F)c(Cl)c1)C1=C(CCC1=O)N2. The van der Waals surface area contributed by atoms with Crippen molar-refractivity contribution < 1.29 is 14.0 Å². The van der Waals surface area contributed by atoms with Crippen LogP contribution in [0.1, 0.15) is 37.2 Å². The smallest absolute Gasteiger partial charge is 0.161 e. The molecule has 0 spiro atoms. The highest BCUT2D eigenvalue weighted by Crippen LogP contribution is 2.46. The van der Waals surface area contributed by atoms with E-state index < -0.39 is 11.7 Å². The number of Topliss-reactive ketones (excluding diaryl/α,β-unsaturated/α-hetero) is 2. The van der Waals surface area contributed by atoms with Crippen LogP contribution < -0.4 is 5.32 Å². The third kappa shape index (κ3) is 1.87. The largest absolute Gasteiger partial charge is 0.362 e.